The van der Waals surface area contributed by atoms with Gasteiger partial charge in [0.15, 0.2) is 0 Å². The van der Waals surface area contributed by atoms with E-state index in [2.05, 4.69) is 129 Å². The highest BCUT2D eigenvalue weighted by atomic mass is 16.3. The summed E-state index contributed by atoms with van der Waals surface area (Å²) in [5, 5.41) is 22.9. The van der Waals surface area contributed by atoms with Crippen molar-refractivity contribution in [3.63, 3.8) is 0 Å². The number of amides is 1. The normalized spacial score (nSPS) is 14.3. The van der Waals surface area contributed by atoms with E-state index in [0.717, 1.165) is 89.9 Å². The third-order valence-corrected chi connectivity index (χ3v) is 8.68. The maximum atomic E-state index is 12.4. The molecule has 0 aromatic rings. The lowest BCUT2D eigenvalue weighted by Gasteiger charge is -2.19. The highest BCUT2D eigenvalue weighted by Gasteiger charge is 2.17. The molecule has 0 bridgehead atoms. The summed E-state index contributed by atoms with van der Waals surface area (Å²) in [6, 6.07) is -0.670. The number of aliphatic hydroxyl groups is 2. The summed E-state index contributed by atoms with van der Waals surface area (Å²) >= 11 is 0. The first-order valence-electron chi connectivity index (χ1n) is 21.2. The number of hydrogen-bond acceptors (Lipinski definition) is 3. The Balaban J connectivity index is 3.81. The van der Waals surface area contributed by atoms with Crippen molar-refractivity contribution >= 4 is 5.91 Å². The SMILES string of the molecule is CC/C=C\C/C=C\C/C=C\C/C=C\C/C=C\C/C=C\C/C=C\C/C=C\CCCCC(=O)NC(CO)C(O)/C=C/CC/C=C/CCCCCCCCCC. The Kier molecular flexibility index (Phi) is 40.6. The molecule has 0 aliphatic carbocycles. The molecule has 2 atom stereocenters. The topological polar surface area (TPSA) is 69.6 Å². The van der Waals surface area contributed by atoms with Gasteiger partial charge in [0, 0.05) is 6.42 Å². The van der Waals surface area contributed by atoms with Crippen LogP contribution in [0.25, 0.3) is 0 Å². The van der Waals surface area contributed by atoms with Gasteiger partial charge in [0.25, 0.3) is 0 Å². The molecule has 0 heterocycles. The number of rotatable bonds is 36. The van der Waals surface area contributed by atoms with Crippen LogP contribution >= 0.6 is 0 Å². The standard InChI is InChI=1S/C49H79NO3/c1-3-5-7-9-11-13-15-17-19-20-21-22-23-24-25-26-27-28-29-30-31-33-35-37-39-41-43-45-49(53)50-47(46-51)48(52)44-42-40-38-36-34-32-18-16-14-12-10-8-6-4-2/h5,7,11,13,17,19,21-22,24-25,27-28,30-31,34-37,42,44,47-48,51-52H,3-4,6,8-10,12,14-16,18,20,23,26,29,32-33,38-41,43,45-46H2,1-2H3,(H,50,53)/b7-5-,13-11-,19-17-,22-21-,25-24-,28-27-,31-30-,36-34+,37-35-,44-42+. The molecule has 3 N–H and O–H groups in total. The molecule has 0 aromatic carbocycles. The van der Waals surface area contributed by atoms with Crippen LogP contribution in [-0.2, 0) is 4.79 Å². The van der Waals surface area contributed by atoms with Crippen LogP contribution in [0.5, 0.6) is 0 Å². The molecular weight excluding hydrogens is 651 g/mol. The third kappa shape index (κ3) is 39.8. The molecule has 298 valence electrons. The van der Waals surface area contributed by atoms with Crippen LogP contribution in [0.4, 0.5) is 0 Å². The second-order valence-corrected chi connectivity index (χ2v) is 13.7. The van der Waals surface area contributed by atoms with Gasteiger partial charge >= 0.3 is 0 Å². The quantitative estimate of drug-likeness (QED) is 0.0444. The summed E-state index contributed by atoms with van der Waals surface area (Å²) in [5.74, 6) is -0.123. The van der Waals surface area contributed by atoms with Gasteiger partial charge in [-0.05, 0) is 96.3 Å². The van der Waals surface area contributed by atoms with Gasteiger partial charge in [-0.1, -0.05) is 180 Å². The molecule has 53 heavy (non-hydrogen) atoms. The van der Waals surface area contributed by atoms with Crippen molar-refractivity contribution in [3.8, 4) is 0 Å². The van der Waals surface area contributed by atoms with Crippen molar-refractivity contribution < 1.29 is 15.0 Å². The minimum atomic E-state index is -0.888. The molecule has 1 amide bonds. The zero-order chi connectivity index (χ0) is 38.6. The van der Waals surface area contributed by atoms with Crippen molar-refractivity contribution in [2.45, 2.75) is 174 Å². The van der Waals surface area contributed by atoms with Crippen LogP contribution in [0.1, 0.15) is 162 Å². The number of unbranched alkanes of at least 4 members (excludes halogenated alkanes) is 11. The van der Waals surface area contributed by atoms with Gasteiger partial charge in [0.05, 0.1) is 18.8 Å². The molecule has 2 unspecified atom stereocenters. The molecule has 0 radical (unpaired) electrons. The van der Waals surface area contributed by atoms with Crippen LogP contribution in [0, 0.1) is 0 Å². The number of nitrogens with one attached hydrogen (secondary N) is 1. The fraction of sp³-hybridized carbons (Fsp3) is 0.571. The van der Waals surface area contributed by atoms with E-state index in [1.54, 1.807) is 6.08 Å². The minimum Gasteiger partial charge on any atom is -0.394 e. The summed E-state index contributed by atoms with van der Waals surface area (Å²) < 4.78 is 0. The first-order chi connectivity index (χ1) is 26.2. The summed E-state index contributed by atoms with van der Waals surface area (Å²) in [5.41, 5.74) is 0. The second-order valence-electron chi connectivity index (χ2n) is 13.7. The molecule has 0 rings (SSSR count). The van der Waals surface area contributed by atoms with Crippen molar-refractivity contribution in [1.29, 1.82) is 0 Å². The maximum Gasteiger partial charge on any atom is 0.220 e. The predicted molar refractivity (Wildman–Crippen MR) is 234 cm³/mol. The van der Waals surface area contributed by atoms with Gasteiger partial charge in [-0.25, -0.2) is 0 Å². The fourth-order valence-electron chi connectivity index (χ4n) is 5.44. The van der Waals surface area contributed by atoms with Crippen molar-refractivity contribution in [3.05, 3.63) is 122 Å². The van der Waals surface area contributed by atoms with Gasteiger partial charge in [-0.2, -0.15) is 0 Å². The molecule has 4 nitrogen and oxygen atoms in total. The lowest BCUT2D eigenvalue weighted by molar-refractivity contribution is -0.123. The van der Waals surface area contributed by atoms with E-state index in [9.17, 15) is 15.0 Å². The smallest absolute Gasteiger partial charge is 0.220 e. The maximum absolute atomic E-state index is 12.4. The average molecular weight is 730 g/mol. The molecular formula is C49H79NO3. The number of aliphatic hydroxyl groups excluding tert-OH is 2. The van der Waals surface area contributed by atoms with Crippen molar-refractivity contribution in [2.24, 2.45) is 0 Å². The Labute approximate surface area is 327 Å². The van der Waals surface area contributed by atoms with Gasteiger partial charge in [0.2, 0.25) is 5.91 Å². The molecule has 0 saturated carbocycles. The number of carbonyl (C=O) groups excluding carboxylic acids is 1. The molecule has 0 fully saturated rings. The van der Waals surface area contributed by atoms with Crippen molar-refractivity contribution in [2.75, 3.05) is 6.61 Å². The number of hydrogen-bond donors (Lipinski definition) is 3. The molecule has 0 aliphatic heterocycles. The third-order valence-electron chi connectivity index (χ3n) is 8.68. The number of carbonyl (C=O) groups is 1. The van der Waals surface area contributed by atoms with E-state index in [-0.39, 0.29) is 12.5 Å². The Hall–Kier alpha value is -3.21. The Bertz CT molecular complexity index is 1100. The van der Waals surface area contributed by atoms with Crippen molar-refractivity contribution in [1.82, 2.24) is 5.32 Å². The molecule has 0 aliphatic rings. The van der Waals surface area contributed by atoms with Gasteiger partial charge in [0.1, 0.15) is 0 Å². The van der Waals surface area contributed by atoms with Crippen LogP contribution in [0.2, 0.25) is 0 Å². The first kappa shape index (κ1) is 49.8. The zero-order valence-corrected chi connectivity index (χ0v) is 34.0. The van der Waals surface area contributed by atoms with Crippen LogP contribution in [0.15, 0.2) is 122 Å². The fourth-order valence-corrected chi connectivity index (χ4v) is 5.44. The summed E-state index contributed by atoms with van der Waals surface area (Å²) in [6.45, 7) is 4.13. The van der Waals surface area contributed by atoms with E-state index >= 15 is 0 Å². The van der Waals surface area contributed by atoms with E-state index in [1.165, 1.54) is 51.4 Å². The number of allylic oxidation sites excluding steroid dienone is 19. The van der Waals surface area contributed by atoms with E-state index in [4.69, 9.17) is 0 Å². The van der Waals surface area contributed by atoms with E-state index in [0.29, 0.717) is 6.42 Å². The highest BCUT2D eigenvalue weighted by Crippen LogP contribution is 2.10. The minimum absolute atomic E-state index is 0.123. The summed E-state index contributed by atoms with van der Waals surface area (Å²) in [7, 11) is 0. The van der Waals surface area contributed by atoms with Crippen LogP contribution in [0.3, 0.4) is 0 Å². The van der Waals surface area contributed by atoms with Gasteiger partial charge in [-0.15, -0.1) is 0 Å². The Morgan fingerprint density at radius 2 is 0.849 bits per heavy atom. The Morgan fingerprint density at radius 3 is 1.32 bits per heavy atom. The highest BCUT2D eigenvalue weighted by molar-refractivity contribution is 5.76. The van der Waals surface area contributed by atoms with Crippen LogP contribution < -0.4 is 5.32 Å². The van der Waals surface area contributed by atoms with E-state index in [1.807, 2.05) is 6.08 Å². The molecule has 0 spiro atoms. The van der Waals surface area contributed by atoms with Gasteiger partial charge < -0.3 is 15.5 Å². The predicted octanol–water partition coefficient (Wildman–Crippen LogP) is 13.4. The molecule has 0 aromatic heterocycles. The molecule has 4 heteroatoms. The monoisotopic (exact) mass is 730 g/mol. The van der Waals surface area contributed by atoms with Crippen LogP contribution in [-0.4, -0.2) is 34.9 Å². The Morgan fingerprint density at radius 1 is 0.472 bits per heavy atom. The first-order valence-corrected chi connectivity index (χ1v) is 21.2. The summed E-state index contributed by atoms with van der Waals surface area (Å²) in [6.07, 6.45) is 67.3. The van der Waals surface area contributed by atoms with E-state index < -0.39 is 12.1 Å². The lowest BCUT2D eigenvalue weighted by Crippen LogP contribution is -2.45. The molecule has 0 saturated heterocycles. The largest absolute Gasteiger partial charge is 0.394 e. The zero-order valence-electron chi connectivity index (χ0n) is 34.0. The summed E-state index contributed by atoms with van der Waals surface area (Å²) in [4.78, 5) is 12.4. The lowest BCUT2D eigenvalue weighted by atomic mass is 10.1. The van der Waals surface area contributed by atoms with Gasteiger partial charge in [-0.3, -0.25) is 4.79 Å². The second kappa shape index (κ2) is 43.2. The average Bonchev–Trinajstić information content (AvgIpc) is 3.16.